The van der Waals surface area contributed by atoms with E-state index in [1.807, 2.05) is 36.5 Å². The molecule has 6 nitrogen and oxygen atoms in total. The summed E-state index contributed by atoms with van der Waals surface area (Å²) in [5.41, 5.74) is 0.969. The third-order valence-electron chi connectivity index (χ3n) is 3.36. The average Bonchev–Trinajstić information content (AvgIpc) is 3.25. The Morgan fingerprint density at radius 1 is 1.38 bits per heavy atom. The van der Waals surface area contributed by atoms with Gasteiger partial charge < -0.3 is 10.2 Å². The van der Waals surface area contributed by atoms with E-state index in [1.165, 1.54) is 0 Å². The van der Waals surface area contributed by atoms with Crippen molar-refractivity contribution in [3.8, 4) is 5.82 Å². The number of carbonyl (C=O) groups is 1. The molecule has 124 valence electrons. The third kappa shape index (κ3) is 4.21. The lowest BCUT2D eigenvalue weighted by Crippen LogP contribution is -2.36. The quantitative estimate of drug-likeness (QED) is 0.706. The second-order valence-corrected chi connectivity index (χ2v) is 7.74. The second-order valence-electron chi connectivity index (χ2n) is 5.19. The molecule has 0 aliphatic carbocycles. The fraction of sp³-hybridized carbons (Fsp3) is 0.188. The minimum atomic E-state index is -0.114. The maximum atomic E-state index is 12.2. The van der Waals surface area contributed by atoms with Gasteiger partial charge in [-0.3, -0.25) is 0 Å². The number of hydrogen-bond acceptors (Lipinski definition) is 4. The molecule has 0 aliphatic heterocycles. The summed E-state index contributed by atoms with van der Waals surface area (Å²) in [4.78, 5) is 19.3. The van der Waals surface area contributed by atoms with Gasteiger partial charge >= 0.3 is 6.03 Å². The normalized spacial score (nSPS) is 10.6. The lowest BCUT2D eigenvalue weighted by atomic mass is 10.2. The molecule has 0 atom stereocenters. The van der Waals surface area contributed by atoms with E-state index in [2.05, 4.69) is 31.3 Å². The summed E-state index contributed by atoms with van der Waals surface area (Å²) in [6.07, 6.45) is 5.25. The number of nitrogens with one attached hydrogen (secondary N) is 1. The molecule has 3 aromatic heterocycles. The number of amides is 2. The van der Waals surface area contributed by atoms with Crippen LogP contribution in [-0.4, -0.2) is 32.7 Å². The number of halogens is 1. The van der Waals surface area contributed by atoms with Crippen molar-refractivity contribution in [2.45, 2.75) is 13.1 Å². The molecule has 3 rings (SSSR count). The Bertz CT molecular complexity index is 818. The Labute approximate surface area is 152 Å². The van der Waals surface area contributed by atoms with Crippen molar-refractivity contribution in [1.29, 1.82) is 0 Å². The standard InChI is InChI=1S/C16H16BrN5OS/c1-21(11-13-3-4-14(17)24-13)16(23)19-10-12-5-7-18-15(9-12)22-8-2-6-20-22/h2-9H,10-11H2,1H3,(H,19,23). The number of thiophene rings is 1. The van der Waals surface area contributed by atoms with Crippen LogP contribution in [0.4, 0.5) is 4.79 Å². The van der Waals surface area contributed by atoms with Crippen molar-refractivity contribution in [3.63, 3.8) is 0 Å². The molecule has 0 saturated carbocycles. The van der Waals surface area contributed by atoms with E-state index >= 15 is 0 Å². The Hall–Kier alpha value is -2.19. The van der Waals surface area contributed by atoms with Crippen LogP contribution in [0.15, 0.2) is 52.7 Å². The topological polar surface area (TPSA) is 63.1 Å². The first-order valence-corrected chi connectivity index (χ1v) is 8.91. The first kappa shape index (κ1) is 16.7. The molecule has 3 heterocycles. The molecule has 0 saturated heterocycles. The SMILES string of the molecule is CN(Cc1ccc(Br)s1)C(=O)NCc1ccnc(-n2cccn2)c1. The molecule has 0 spiro atoms. The van der Waals surface area contributed by atoms with E-state index in [0.717, 1.165) is 20.0 Å². The summed E-state index contributed by atoms with van der Waals surface area (Å²) >= 11 is 5.06. The molecule has 0 fully saturated rings. The maximum Gasteiger partial charge on any atom is 0.317 e. The van der Waals surface area contributed by atoms with E-state index in [4.69, 9.17) is 0 Å². The lowest BCUT2D eigenvalue weighted by molar-refractivity contribution is 0.207. The van der Waals surface area contributed by atoms with Gasteiger partial charge in [-0.1, -0.05) is 0 Å². The number of nitrogens with zero attached hydrogens (tertiary/aromatic N) is 4. The molecule has 0 radical (unpaired) electrons. The van der Waals surface area contributed by atoms with E-state index in [9.17, 15) is 4.79 Å². The zero-order valence-corrected chi connectivity index (χ0v) is 15.4. The number of hydrogen-bond donors (Lipinski definition) is 1. The van der Waals surface area contributed by atoms with Crippen LogP contribution < -0.4 is 5.32 Å². The minimum absolute atomic E-state index is 0.114. The van der Waals surface area contributed by atoms with Gasteiger partial charge in [-0.15, -0.1) is 11.3 Å². The predicted octanol–water partition coefficient (Wildman–Crippen LogP) is 3.43. The first-order chi connectivity index (χ1) is 11.6. The van der Waals surface area contributed by atoms with Gasteiger partial charge in [0.05, 0.1) is 10.3 Å². The number of urea groups is 1. The highest BCUT2D eigenvalue weighted by atomic mass is 79.9. The highest BCUT2D eigenvalue weighted by molar-refractivity contribution is 9.11. The summed E-state index contributed by atoms with van der Waals surface area (Å²) in [5, 5.41) is 7.08. The van der Waals surface area contributed by atoms with Crippen LogP contribution >= 0.6 is 27.3 Å². The van der Waals surface area contributed by atoms with Gasteiger partial charge in [-0.25, -0.2) is 14.5 Å². The van der Waals surface area contributed by atoms with E-state index < -0.39 is 0 Å². The largest absolute Gasteiger partial charge is 0.334 e. The molecule has 3 aromatic rings. The summed E-state index contributed by atoms with van der Waals surface area (Å²) in [6.45, 7) is 1.02. The summed E-state index contributed by atoms with van der Waals surface area (Å²) in [5.74, 6) is 0.725. The zero-order valence-electron chi connectivity index (χ0n) is 13.0. The van der Waals surface area contributed by atoms with Crippen LogP contribution in [0, 0.1) is 0 Å². The molecule has 2 amide bonds. The fourth-order valence-electron chi connectivity index (χ4n) is 2.16. The molecule has 8 heteroatoms. The smallest absolute Gasteiger partial charge is 0.317 e. The van der Waals surface area contributed by atoms with Crippen molar-refractivity contribution in [2.24, 2.45) is 0 Å². The zero-order chi connectivity index (χ0) is 16.9. The number of pyridine rings is 1. The van der Waals surface area contributed by atoms with Gasteiger partial charge in [0.2, 0.25) is 0 Å². The Morgan fingerprint density at radius 2 is 2.25 bits per heavy atom. The summed E-state index contributed by atoms with van der Waals surface area (Å²) in [6, 6.07) is 9.51. The van der Waals surface area contributed by atoms with Crippen molar-refractivity contribution in [2.75, 3.05) is 7.05 Å². The van der Waals surface area contributed by atoms with Crippen LogP contribution in [0.1, 0.15) is 10.4 Å². The molecule has 24 heavy (non-hydrogen) atoms. The monoisotopic (exact) mass is 405 g/mol. The first-order valence-electron chi connectivity index (χ1n) is 7.30. The second kappa shape index (κ2) is 7.59. The molecule has 0 aliphatic rings. The van der Waals surface area contributed by atoms with Crippen LogP contribution in [0.25, 0.3) is 5.82 Å². The number of aromatic nitrogens is 3. The number of rotatable bonds is 5. The van der Waals surface area contributed by atoms with Gasteiger partial charge in [0.15, 0.2) is 5.82 Å². The highest BCUT2D eigenvalue weighted by Gasteiger charge is 2.10. The molecule has 0 bridgehead atoms. The van der Waals surface area contributed by atoms with Gasteiger partial charge in [-0.05, 0) is 51.8 Å². The molecular formula is C16H16BrN5OS. The Kier molecular flexibility index (Phi) is 5.27. The van der Waals surface area contributed by atoms with E-state index in [0.29, 0.717) is 13.1 Å². The van der Waals surface area contributed by atoms with Crippen molar-refractivity contribution >= 4 is 33.3 Å². The van der Waals surface area contributed by atoms with Crippen LogP contribution in [0.2, 0.25) is 0 Å². The van der Waals surface area contributed by atoms with E-state index in [1.54, 1.807) is 40.4 Å². The van der Waals surface area contributed by atoms with Crippen LogP contribution in [0.5, 0.6) is 0 Å². The maximum absolute atomic E-state index is 12.2. The third-order valence-corrected chi connectivity index (χ3v) is 4.97. The van der Waals surface area contributed by atoms with Crippen LogP contribution in [0.3, 0.4) is 0 Å². The van der Waals surface area contributed by atoms with Gasteiger partial charge in [-0.2, -0.15) is 5.10 Å². The van der Waals surface area contributed by atoms with Gasteiger partial charge in [0.1, 0.15) is 0 Å². The van der Waals surface area contributed by atoms with Crippen molar-refractivity contribution in [3.05, 3.63) is 63.1 Å². The fourth-order valence-corrected chi connectivity index (χ4v) is 3.69. The summed E-state index contributed by atoms with van der Waals surface area (Å²) < 4.78 is 2.75. The predicted molar refractivity (Wildman–Crippen MR) is 97.1 cm³/mol. The molecule has 1 N–H and O–H groups in total. The Balaban J connectivity index is 1.57. The minimum Gasteiger partial charge on any atom is -0.334 e. The average molecular weight is 406 g/mol. The molecule has 0 aromatic carbocycles. The lowest BCUT2D eigenvalue weighted by Gasteiger charge is -2.17. The van der Waals surface area contributed by atoms with Gasteiger partial charge in [0.25, 0.3) is 0 Å². The van der Waals surface area contributed by atoms with Crippen molar-refractivity contribution < 1.29 is 4.79 Å². The summed E-state index contributed by atoms with van der Waals surface area (Å²) in [7, 11) is 1.78. The molecular weight excluding hydrogens is 390 g/mol. The highest BCUT2D eigenvalue weighted by Crippen LogP contribution is 2.22. The van der Waals surface area contributed by atoms with Crippen molar-refractivity contribution in [1.82, 2.24) is 25.0 Å². The Morgan fingerprint density at radius 3 is 2.96 bits per heavy atom. The molecule has 0 unspecified atom stereocenters. The van der Waals surface area contributed by atoms with Crippen LogP contribution in [-0.2, 0) is 13.1 Å². The van der Waals surface area contributed by atoms with E-state index in [-0.39, 0.29) is 6.03 Å². The van der Waals surface area contributed by atoms with Gasteiger partial charge in [0, 0.05) is 37.1 Å². The number of carbonyl (C=O) groups excluding carboxylic acids is 1.